The molecule has 1 aliphatic rings. The second-order valence-electron chi connectivity index (χ2n) is 6.62. The van der Waals surface area contributed by atoms with Crippen molar-refractivity contribution in [2.24, 2.45) is 0 Å². The summed E-state index contributed by atoms with van der Waals surface area (Å²) in [6.07, 6.45) is 1.71. The van der Waals surface area contributed by atoms with Crippen LogP contribution in [0.5, 0.6) is 0 Å². The van der Waals surface area contributed by atoms with Crippen molar-refractivity contribution >= 4 is 86.0 Å². The number of amides is 2. The minimum Gasteiger partial charge on any atom is -0.299 e. The van der Waals surface area contributed by atoms with Crippen LogP contribution in [0.4, 0.5) is 9.52 Å². The van der Waals surface area contributed by atoms with E-state index in [1.165, 1.54) is 34.1 Å². The number of nitrogens with one attached hydrogen (secondary N) is 1. The van der Waals surface area contributed by atoms with Crippen LogP contribution in [-0.2, 0) is 15.3 Å². The van der Waals surface area contributed by atoms with Gasteiger partial charge in [-0.3, -0.25) is 19.8 Å². The first kappa shape index (κ1) is 23.8. The second-order valence-corrected chi connectivity index (χ2v) is 10.9. The summed E-state index contributed by atoms with van der Waals surface area (Å²) in [5.74, 6) is -0.669. The van der Waals surface area contributed by atoms with Crippen LogP contribution in [0.1, 0.15) is 11.1 Å². The summed E-state index contributed by atoms with van der Waals surface area (Å²) in [6, 6.07) is 13.5. The van der Waals surface area contributed by atoms with E-state index in [9.17, 15) is 14.0 Å². The molecule has 1 saturated heterocycles. The zero-order valence-electron chi connectivity index (χ0n) is 16.7. The number of hydrogen-bond acceptors (Lipinski definition) is 8. The van der Waals surface area contributed by atoms with Crippen LogP contribution in [0.3, 0.4) is 0 Å². The van der Waals surface area contributed by atoms with Gasteiger partial charge in [-0.05, 0) is 35.4 Å². The number of rotatable bonds is 7. The second kappa shape index (κ2) is 10.7. The molecule has 33 heavy (non-hydrogen) atoms. The van der Waals surface area contributed by atoms with Crippen LogP contribution in [0.2, 0.25) is 5.02 Å². The van der Waals surface area contributed by atoms with Crippen LogP contribution in [0.15, 0.2) is 57.8 Å². The molecule has 1 aromatic heterocycles. The summed E-state index contributed by atoms with van der Waals surface area (Å²) in [6.45, 7) is -0.236. The Morgan fingerprint density at radius 1 is 1.21 bits per heavy atom. The molecule has 0 bridgehead atoms. The highest BCUT2D eigenvalue weighted by molar-refractivity contribution is 8.26. The fourth-order valence-electron chi connectivity index (χ4n) is 2.72. The number of nitrogens with zero attached hydrogens (tertiary/aromatic N) is 3. The highest BCUT2D eigenvalue weighted by Gasteiger charge is 2.33. The summed E-state index contributed by atoms with van der Waals surface area (Å²) < 4.78 is 14.6. The Labute approximate surface area is 211 Å². The van der Waals surface area contributed by atoms with Crippen LogP contribution >= 0.6 is 58.7 Å². The Balaban J connectivity index is 1.33. The lowest BCUT2D eigenvalue weighted by atomic mass is 10.2. The molecule has 0 atom stereocenters. The molecule has 0 unspecified atom stereocenters. The van der Waals surface area contributed by atoms with Crippen molar-refractivity contribution in [3.63, 3.8) is 0 Å². The molecule has 3 aromatic rings. The van der Waals surface area contributed by atoms with Gasteiger partial charge < -0.3 is 0 Å². The van der Waals surface area contributed by atoms with Gasteiger partial charge in [0.05, 0.1) is 4.91 Å². The third kappa shape index (κ3) is 6.18. The van der Waals surface area contributed by atoms with E-state index in [4.69, 9.17) is 23.8 Å². The van der Waals surface area contributed by atoms with Gasteiger partial charge in [-0.25, -0.2) is 4.39 Å². The quantitative estimate of drug-likeness (QED) is 0.186. The molecule has 1 fully saturated rings. The van der Waals surface area contributed by atoms with Crippen molar-refractivity contribution in [3.05, 3.63) is 75.4 Å². The molecule has 1 aliphatic heterocycles. The van der Waals surface area contributed by atoms with E-state index in [0.717, 1.165) is 17.3 Å². The lowest BCUT2D eigenvalue weighted by Crippen LogP contribution is -2.36. The van der Waals surface area contributed by atoms with E-state index < -0.39 is 5.91 Å². The maximum absolute atomic E-state index is 13.7. The number of halogens is 2. The van der Waals surface area contributed by atoms with E-state index in [1.54, 1.807) is 48.5 Å². The highest BCUT2D eigenvalue weighted by Crippen LogP contribution is 2.33. The molecule has 168 valence electrons. The normalized spacial score (nSPS) is 14.8. The first-order valence-corrected chi connectivity index (χ1v) is 12.8. The molecular formula is C21H14ClFN4O2S4. The Morgan fingerprint density at radius 3 is 2.73 bits per heavy atom. The number of carbonyl (C=O) groups excluding carboxylic acids is 2. The minimum absolute atomic E-state index is 0.236. The maximum atomic E-state index is 13.7. The number of aromatic nitrogens is 2. The van der Waals surface area contributed by atoms with Gasteiger partial charge in [0.2, 0.25) is 11.0 Å². The zero-order valence-corrected chi connectivity index (χ0v) is 20.7. The molecule has 0 aliphatic carbocycles. The Morgan fingerprint density at radius 2 is 1.97 bits per heavy atom. The highest BCUT2D eigenvalue weighted by atomic mass is 35.5. The predicted octanol–water partition coefficient (Wildman–Crippen LogP) is 5.46. The zero-order chi connectivity index (χ0) is 23.4. The number of anilines is 1. The topological polar surface area (TPSA) is 75.2 Å². The largest absolute Gasteiger partial charge is 0.299 e. The van der Waals surface area contributed by atoms with Gasteiger partial charge in [-0.15, -0.1) is 10.2 Å². The van der Waals surface area contributed by atoms with Gasteiger partial charge >= 0.3 is 0 Å². The summed E-state index contributed by atoms with van der Waals surface area (Å²) in [5, 5.41) is 11.5. The van der Waals surface area contributed by atoms with Crippen molar-refractivity contribution in [3.8, 4) is 0 Å². The van der Waals surface area contributed by atoms with E-state index >= 15 is 0 Å². The molecule has 2 heterocycles. The maximum Gasteiger partial charge on any atom is 0.266 e. The lowest BCUT2D eigenvalue weighted by molar-refractivity contribution is -0.126. The summed E-state index contributed by atoms with van der Waals surface area (Å²) in [5.41, 5.74) is 1.36. The molecule has 2 amide bonds. The van der Waals surface area contributed by atoms with E-state index in [0.29, 0.717) is 29.9 Å². The molecule has 0 saturated carbocycles. The van der Waals surface area contributed by atoms with Gasteiger partial charge in [-0.2, -0.15) is 0 Å². The van der Waals surface area contributed by atoms with Gasteiger partial charge in [0, 0.05) is 10.8 Å². The SMILES string of the molecule is O=C(CN1C(=O)/C(=C/c2ccc(Cl)cc2)SC1=S)Nc1nnc(SCc2ccccc2F)s1. The molecule has 2 aromatic carbocycles. The number of thiocarbonyl (C=S) groups is 1. The molecular weight excluding hydrogens is 523 g/mol. The van der Waals surface area contributed by atoms with Gasteiger partial charge in [0.1, 0.15) is 16.7 Å². The number of carbonyl (C=O) groups is 2. The molecule has 12 heteroatoms. The third-order valence-corrected chi connectivity index (χ3v) is 7.96. The summed E-state index contributed by atoms with van der Waals surface area (Å²) >= 11 is 14.8. The van der Waals surface area contributed by atoms with Gasteiger partial charge in [0.25, 0.3) is 5.91 Å². The molecule has 4 rings (SSSR count). The van der Waals surface area contributed by atoms with E-state index in [2.05, 4.69) is 15.5 Å². The lowest BCUT2D eigenvalue weighted by Gasteiger charge is -2.13. The number of benzene rings is 2. The Hall–Kier alpha value is -2.31. The first-order chi connectivity index (χ1) is 15.9. The van der Waals surface area contributed by atoms with Crippen LogP contribution in [-0.4, -0.2) is 37.8 Å². The predicted molar refractivity (Wildman–Crippen MR) is 136 cm³/mol. The first-order valence-electron chi connectivity index (χ1n) is 9.39. The van der Waals surface area contributed by atoms with Crippen molar-refractivity contribution in [2.75, 3.05) is 11.9 Å². The average Bonchev–Trinajstić information content (AvgIpc) is 3.34. The van der Waals surface area contributed by atoms with Crippen molar-refractivity contribution in [1.29, 1.82) is 0 Å². The summed E-state index contributed by atoms with van der Waals surface area (Å²) in [4.78, 5) is 26.9. The smallest absolute Gasteiger partial charge is 0.266 e. The Bertz CT molecular complexity index is 1250. The molecule has 0 spiro atoms. The van der Waals surface area contributed by atoms with Crippen molar-refractivity contribution in [1.82, 2.24) is 15.1 Å². The average molecular weight is 537 g/mol. The van der Waals surface area contributed by atoms with Crippen molar-refractivity contribution < 1.29 is 14.0 Å². The monoisotopic (exact) mass is 536 g/mol. The van der Waals surface area contributed by atoms with Crippen LogP contribution in [0.25, 0.3) is 6.08 Å². The van der Waals surface area contributed by atoms with Crippen LogP contribution in [0, 0.1) is 5.82 Å². The number of hydrogen-bond donors (Lipinski definition) is 1. The van der Waals surface area contributed by atoms with Gasteiger partial charge in [-0.1, -0.05) is 89.0 Å². The fourth-order valence-corrected chi connectivity index (χ4v) is 5.86. The molecule has 6 nitrogen and oxygen atoms in total. The number of thioether (sulfide) groups is 2. The van der Waals surface area contributed by atoms with Crippen LogP contribution < -0.4 is 5.32 Å². The minimum atomic E-state index is -0.444. The fraction of sp³-hybridized carbons (Fsp3) is 0.0952. The van der Waals surface area contributed by atoms with Crippen molar-refractivity contribution in [2.45, 2.75) is 10.1 Å². The Kier molecular flexibility index (Phi) is 7.76. The molecule has 0 radical (unpaired) electrons. The van der Waals surface area contributed by atoms with E-state index in [-0.39, 0.29) is 23.4 Å². The van der Waals surface area contributed by atoms with E-state index in [1.807, 2.05) is 0 Å². The third-order valence-electron chi connectivity index (χ3n) is 4.30. The standard InChI is InChI=1S/C21H14ClFN4O2S4/c22-14-7-5-12(6-8-14)9-16-18(29)27(21(30)32-16)10-17(28)24-19-25-26-20(33-19)31-11-13-3-1-2-4-15(13)23/h1-9H,10-11H2,(H,24,25,28)/b16-9-. The van der Waals surface area contributed by atoms with Gasteiger partial charge in [0.15, 0.2) is 4.34 Å². The molecule has 1 N–H and O–H groups in total. The summed E-state index contributed by atoms with van der Waals surface area (Å²) in [7, 11) is 0.